The lowest BCUT2D eigenvalue weighted by molar-refractivity contribution is 0.733. The highest BCUT2D eigenvalue weighted by molar-refractivity contribution is 7.17. The molecule has 0 N–H and O–H groups in total. The van der Waals surface area contributed by atoms with Gasteiger partial charge in [-0.05, 0) is 93.1 Å². The van der Waals surface area contributed by atoms with Crippen LogP contribution in [0.15, 0.2) is 158 Å². The van der Waals surface area contributed by atoms with Gasteiger partial charge in [0.05, 0.1) is 41.0 Å². The molecule has 2 aliphatic rings. The highest BCUT2D eigenvalue weighted by Gasteiger charge is 2.54. The molecule has 2 aliphatic carbocycles. The second-order valence-corrected chi connectivity index (χ2v) is 19.5. The molecule has 0 atom stereocenters. The second kappa shape index (κ2) is 15.5. The first-order valence-electron chi connectivity index (χ1n) is 20.2. The molecule has 6 nitrogen and oxygen atoms in total. The van der Waals surface area contributed by atoms with E-state index in [0.29, 0.717) is 9.06 Å². The third kappa shape index (κ3) is 5.83. The van der Waals surface area contributed by atoms with E-state index < -0.39 is 10.8 Å². The van der Waals surface area contributed by atoms with Crippen LogP contribution < -0.4 is 18.1 Å². The normalized spacial score (nSPS) is 14.0. The summed E-state index contributed by atoms with van der Waals surface area (Å²) in [6.07, 6.45) is 4.12. The molecule has 0 unspecified atom stereocenters. The van der Waals surface area contributed by atoms with Crippen molar-refractivity contribution in [3.8, 4) is 45.2 Å². The van der Waals surface area contributed by atoms with Crippen LogP contribution in [0.25, 0.3) is 44.2 Å². The SMILES string of the molecule is N#CC(C#N)=c1cc/c(=C\c2nc3c(s2)-c2cc4c(cc2C3(c2ccccc2)c2ccccc2)-c2sc(/C=c3\ccc(=C(C#N)C#N)s3)nc2C4(c2ccccc2)c2ccccc2)s1. The van der Waals surface area contributed by atoms with E-state index in [1.807, 2.05) is 48.5 Å². The fraction of sp³-hybridized carbons (Fsp3) is 0.0370. The van der Waals surface area contributed by atoms with Crippen LogP contribution in [-0.4, -0.2) is 9.97 Å². The van der Waals surface area contributed by atoms with Crippen LogP contribution in [0.5, 0.6) is 0 Å². The van der Waals surface area contributed by atoms with Crippen molar-refractivity contribution >= 4 is 68.6 Å². The lowest BCUT2D eigenvalue weighted by atomic mass is 9.67. The van der Waals surface area contributed by atoms with Crippen molar-refractivity contribution in [2.24, 2.45) is 0 Å². The van der Waals surface area contributed by atoms with Gasteiger partial charge in [0.15, 0.2) is 0 Å². The highest BCUT2D eigenvalue weighted by Crippen LogP contribution is 2.64. The molecule has 10 heteroatoms. The van der Waals surface area contributed by atoms with Crippen molar-refractivity contribution in [3.05, 3.63) is 231 Å². The monoisotopic (exact) mass is 888 g/mol. The molecule has 64 heavy (non-hydrogen) atoms. The Kier molecular flexibility index (Phi) is 9.48. The third-order valence-corrected chi connectivity index (χ3v) is 16.2. The summed E-state index contributed by atoms with van der Waals surface area (Å²) in [6, 6.07) is 63.1. The summed E-state index contributed by atoms with van der Waals surface area (Å²) in [5.74, 6) is 0. The number of nitrogens with zero attached hydrogens (tertiary/aromatic N) is 6. The van der Waals surface area contributed by atoms with E-state index in [1.165, 1.54) is 22.7 Å². The van der Waals surface area contributed by atoms with Gasteiger partial charge in [-0.1, -0.05) is 121 Å². The lowest BCUT2D eigenvalue weighted by Gasteiger charge is -2.34. The third-order valence-electron chi connectivity index (χ3n) is 12.0. The van der Waals surface area contributed by atoms with Gasteiger partial charge < -0.3 is 0 Å². The molecule has 298 valence electrons. The van der Waals surface area contributed by atoms with E-state index in [0.717, 1.165) is 84.7 Å². The van der Waals surface area contributed by atoms with Crippen LogP contribution in [0.4, 0.5) is 0 Å². The van der Waals surface area contributed by atoms with Crippen molar-refractivity contribution in [2.75, 3.05) is 0 Å². The van der Waals surface area contributed by atoms with Crippen LogP contribution >= 0.6 is 45.3 Å². The van der Waals surface area contributed by atoms with Gasteiger partial charge in [0, 0.05) is 9.06 Å². The van der Waals surface area contributed by atoms with Gasteiger partial charge >= 0.3 is 0 Å². The van der Waals surface area contributed by atoms with Gasteiger partial charge in [-0.2, -0.15) is 21.0 Å². The van der Waals surface area contributed by atoms with Crippen molar-refractivity contribution < 1.29 is 0 Å². The summed E-state index contributed by atoms with van der Waals surface area (Å²) in [6.45, 7) is 0. The topological polar surface area (TPSA) is 121 Å². The summed E-state index contributed by atoms with van der Waals surface area (Å²) in [7, 11) is 0. The van der Waals surface area contributed by atoms with Crippen LogP contribution in [0.2, 0.25) is 0 Å². The maximum absolute atomic E-state index is 9.58. The minimum absolute atomic E-state index is 0.0960. The van der Waals surface area contributed by atoms with E-state index in [9.17, 15) is 21.0 Å². The number of aromatic nitrogens is 2. The quantitative estimate of drug-likeness (QED) is 0.164. The van der Waals surface area contributed by atoms with Crippen molar-refractivity contribution in [2.45, 2.75) is 10.8 Å². The molecule has 0 fully saturated rings. The summed E-state index contributed by atoms with van der Waals surface area (Å²) in [4.78, 5) is 13.3. The Morgan fingerprint density at radius 3 is 1.06 bits per heavy atom. The zero-order valence-corrected chi connectivity index (χ0v) is 36.7. The van der Waals surface area contributed by atoms with Gasteiger partial charge in [-0.25, -0.2) is 9.97 Å². The number of thiophene rings is 2. The number of hydrogen-bond acceptors (Lipinski definition) is 10. The maximum atomic E-state index is 9.58. The van der Waals surface area contributed by atoms with Gasteiger partial charge in [-0.3, -0.25) is 0 Å². The maximum Gasteiger partial charge on any atom is 0.146 e. The van der Waals surface area contributed by atoms with Gasteiger partial charge in [-0.15, -0.1) is 45.3 Å². The predicted molar refractivity (Wildman–Crippen MR) is 256 cm³/mol. The molecular weight excluding hydrogens is 861 g/mol. The molecule has 0 bridgehead atoms. The Balaban J connectivity index is 1.24. The van der Waals surface area contributed by atoms with Crippen molar-refractivity contribution in [1.29, 1.82) is 21.0 Å². The van der Waals surface area contributed by atoms with Crippen LogP contribution in [-0.2, 0) is 10.8 Å². The lowest BCUT2D eigenvalue weighted by Crippen LogP contribution is -2.30. The molecule has 0 radical (unpaired) electrons. The largest absolute Gasteiger partial charge is 0.239 e. The van der Waals surface area contributed by atoms with Gasteiger partial charge in [0.25, 0.3) is 0 Å². The predicted octanol–water partition coefficient (Wildman–Crippen LogP) is 9.50. The number of benzene rings is 5. The zero-order chi connectivity index (χ0) is 43.4. The first-order chi connectivity index (χ1) is 31.5. The fourth-order valence-electron chi connectivity index (χ4n) is 9.42. The highest BCUT2D eigenvalue weighted by atomic mass is 32.1. The number of thiazole rings is 2. The molecule has 9 aromatic rings. The standard InChI is InChI=1S/C54H28N6S4/c55-29-33(30-56)45-23-21-39(61-45)25-47-59-51-49(63-47)41-28-44-42(27-43(41)53(51,35-13-5-1-6-14-35)36-15-7-2-8-16-36)50-52(54(44,37-17-9-3-10-18-37)38-19-11-4-12-20-38)60-48(64-50)26-40-22-24-46(62-40)34(31-57)32-58/h1-28H/b39-25+,40-26+. The first-order valence-corrected chi connectivity index (χ1v) is 23.5. The summed E-state index contributed by atoms with van der Waals surface area (Å²) >= 11 is 6.14. The van der Waals surface area contributed by atoms with Crippen LogP contribution in [0, 0.1) is 45.3 Å². The number of nitriles is 4. The molecule has 0 spiro atoms. The molecule has 0 saturated carbocycles. The van der Waals surface area contributed by atoms with E-state index in [-0.39, 0.29) is 11.1 Å². The molecule has 0 saturated heterocycles. The smallest absolute Gasteiger partial charge is 0.146 e. The minimum Gasteiger partial charge on any atom is -0.239 e. The van der Waals surface area contributed by atoms with Crippen LogP contribution in [0.1, 0.15) is 54.8 Å². The Labute approximate surface area is 383 Å². The van der Waals surface area contributed by atoms with Gasteiger partial charge in [0.1, 0.15) is 45.4 Å². The molecular formula is C54H28N6S4. The summed E-state index contributed by atoms with van der Waals surface area (Å²) in [5, 5.41) is 40.0. The number of fused-ring (bicyclic) bond motifs is 6. The van der Waals surface area contributed by atoms with E-state index in [1.54, 1.807) is 22.7 Å². The average molecular weight is 889 g/mol. The Bertz CT molecular complexity index is 3420. The zero-order valence-electron chi connectivity index (χ0n) is 33.5. The van der Waals surface area contributed by atoms with E-state index in [4.69, 9.17) is 9.97 Å². The average Bonchev–Trinajstić information content (AvgIpc) is 4.22. The van der Waals surface area contributed by atoms with E-state index >= 15 is 0 Å². The summed E-state index contributed by atoms with van der Waals surface area (Å²) in [5.41, 5.74) is 9.49. The first kappa shape index (κ1) is 39.1. The molecule has 0 aliphatic heterocycles. The van der Waals surface area contributed by atoms with Crippen molar-refractivity contribution in [3.63, 3.8) is 0 Å². The van der Waals surface area contributed by atoms with E-state index in [2.05, 4.69) is 146 Å². The molecule has 11 rings (SSSR count). The molecule has 4 heterocycles. The Morgan fingerprint density at radius 1 is 0.422 bits per heavy atom. The second-order valence-electron chi connectivity index (χ2n) is 15.3. The molecule has 0 amide bonds. The van der Waals surface area contributed by atoms with Gasteiger partial charge in [0.2, 0.25) is 0 Å². The number of rotatable bonds is 6. The minimum atomic E-state index is -0.776. The van der Waals surface area contributed by atoms with Crippen molar-refractivity contribution in [1.82, 2.24) is 9.97 Å². The molecule has 4 aromatic heterocycles. The Hall–Kier alpha value is -7.80. The fourth-order valence-corrected chi connectivity index (χ4v) is 13.6. The Morgan fingerprint density at radius 2 is 0.750 bits per heavy atom. The molecule has 5 aromatic carbocycles. The van der Waals surface area contributed by atoms with Crippen LogP contribution in [0.3, 0.4) is 0 Å². The number of hydrogen-bond donors (Lipinski definition) is 0. The summed E-state index contributed by atoms with van der Waals surface area (Å²) < 4.78 is 3.09.